The minimum atomic E-state index is -0.281. The second kappa shape index (κ2) is 4.97. The molecular formula is C12H14BrFO. The van der Waals surface area contributed by atoms with E-state index >= 15 is 0 Å². The van der Waals surface area contributed by atoms with Crippen molar-refractivity contribution in [3.05, 3.63) is 28.5 Å². The van der Waals surface area contributed by atoms with Crippen molar-refractivity contribution in [2.24, 2.45) is 5.92 Å². The van der Waals surface area contributed by atoms with Gasteiger partial charge in [-0.05, 0) is 37.0 Å². The molecule has 0 unspecified atom stereocenters. The van der Waals surface area contributed by atoms with Gasteiger partial charge in [0, 0.05) is 4.47 Å². The Morgan fingerprint density at radius 2 is 2.07 bits per heavy atom. The standard InChI is InChI=1S/C12H14BrFO/c13-10-5-6-11(14)12(7-10)15-8-9-3-1-2-4-9/h5-7,9H,1-4,8H2. The monoisotopic (exact) mass is 272 g/mol. The molecule has 1 fully saturated rings. The number of benzene rings is 1. The van der Waals surface area contributed by atoms with Gasteiger partial charge < -0.3 is 4.74 Å². The van der Waals surface area contributed by atoms with Gasteiger partial charge in [-0.1, -0.05) is 28.8 Å². The molecule has 2 rings (SSSR count). The Bertz CT molecular complexity index is 334. The van der Waals surface area contributed by atoms with E-state index in [0.717, 1.165) is 4.47 Å². The van der Waals surface area contributed by atoms with Crippen LogP contribution in [0.5, 0.6) is 5.75 Å². The molecule has 1 aromatic carbocycles. The van der Waals surface area contributed by atoms with Crippen LogP contribution in [0, 0.1) is 11.7 Å². The highest BCUT2D eigenvalue weighted by atomic mass is 79.9. The molecule has 15 heavy (non-hydrogen) atoms. The molecule has 0 radical (unpaired) electrons. The normalized spacial score (nSPS) is 16.9. The average Bonchev–Trinajstić information content (AvgIpc) is 2.72. The third-order valence-electron chi connectivity index (χ3n) is 2.84. The molecule has 0 atom stereocenters. The van der Waals surface area contributed by atoms with Crippen LogP contribution < -0.4 is 4.74 Å². The smallest absolute Gasteiger partial charge is 0.165 e. The summed E-state index contributed by atoms with van der Waals surface area (Å²) in [5.41, 5.74) is 0. The maximum absolute atomic E-state index is 13.3. The first-order valence-electron chi connectivity index (χ1n) is 5.33. The van der Waals surface area contributed by atoms with Crippen LogP contribution >= 0.6 is 15.9 Å². The minimum absolute atomic E-state index is 0.281. The second-order valence-corrected chi connectivity index (χ2v) is 4.95. The van der Waals surface area contributed by atoms with E-state index in [1.165, 1.54) is 31.7 Å². The lowest BCUT2D eigenvalue weighted by molar-refractivity contribution is 0.242. The number of ether oxygens (including phenoxy) is 1. The summed E-state index contributed by atoms with van der Waals surface area (Å²) < 4.78 is 19.6. The minimum Gasteiger partial charge on any atom is -0.490 e. The first-order chi connectivity index (χ1) is 7.25. The molecule has 82 valence electrons. The Kier molecular flexibility index (Phi) is 3.62. The molecule has 0 aliphatic heterocycles. The molecule has 1 aliphatic carbocycles. The van der Waals surface area contributed by atoms with E-state index in [9.17, 15) is 4.39 Å². The summed E-state index contributed by atoms with van der Waals surface area (Å²) in [6, 6.07) is 4.79. The second-order valence-electron chi connectivity index (χ2n) is 4.04. The van der Waals surface area contributed by atoms with Gasteiger partial charge in [-0.2, -0.15) is 0 Å². The highest BCUT2D eigenvalue weighted by Crippen LogP contribution is 2.27. The van der Waals surface area contributed by atoms with Gasteiger partial charge in [-0.25, -0.2) is 4.39 Å². The number of rotatable bonds is 3. The molecule has 0 saturated heterocycles. The molecule has 1 aromatic rings. The molecule has 0 heterocycles. The van der Waals surface area contributed by atoms with Crippen molar-refractivity contribution in [3.63, 3.8) is 0 Å². The lowest BCUT2D eigenvalue weighted by Gasteiger charge is -2.11. The maximum Gasteiger partial charge on any atom is 0.165 e. The van der Waals surface area contributed by atoms with E-state index in [-0.39, 0.29) is 5.82 Å². The van der Waals surface area contributed by atoms with Crippen molar-refractivity contribution in [1.82, 2.24) is 0 Å². The lowest BCUT2D eigenvalue weighted by atomic mass is 10.1. The Hall–Kier alpha value is -0.570. The van der Waals surface area contributed by atoms with Crippen molar-refractivity contribution in [2.75, 3.05) is 6.61 Å². The van der Waals surface area contributed by atoms with Crippen LogP contribution in [0.1, 0.15) is 25.7 Å². The average molecular weight is 273 g/mol. The number of halogens is 2. The summed E-state index contributed by atoms with van der Waals surface area (Å²) in [7, 11) is 0. The van der Waals surface area contributed by atoms with Crippen molar-refractivity contribution in [2.45, 2.75) is 25.7 Å². The van der Waals surface area contributed by atoms with Crippen LogP contribution in [-0.4, -0.2) is 6.61 Å². The highest BCUT2D eigenvalue weighted by Gasteiger charge is 2.16. The fourth-order valence-electron chi connectivity index (χ4n) is 1.97. The molecule has 0 amide bonds. The number of hydrogen-bond donors (Lipinski definition) is 0. The van der Waals surface area contributed by atoms with Crippen molar-refractivity contribution in [3.8, 4) is 5.75 Å². The lowest BCUT2D eigenvalue weighted by Crippen LogP contribution is -2.08. The summed E-state index contributed by atoms with van der Waals surface area (Å²) >= 11 is 3.30. The van der Waals surface area contributed by atoms with Crippen molar-refractivity contribution >= 4 is 15.9 Å². The van der Waals surface area contributed by atoms with Gasteiger partial charge in [0.25, 0.3) is 0 Å². The van der Waals surface area contributed by atoms with Gasteiger partial charge in [0.2, 0.25) is 0 Å². The summed E-state index contributed by atoms with van der Waals surface area (Å²) in [4.78, 5) is 0. The SMILES string of the molecule is Fc1ccc(Br)cc1OCC1CCCC1. The van der Waals surface area contributed by atoms with Crippen molar-refractivity contribution in [1.29, 1.82) is 0 Å². The largest absolute Gasteiger partial charge is 0.490 e. The molecule has 0 N–H and O–H groups in total. The van der Waals surface area contributed by atoms with Crippen LogP contribution in [0.2, 0.25) is 0 Å². The van der Waals surface area contributed by atoms with Gasteiger partial charge in [-0.15, -0.1) is 0 Å². The molecule has 1 saturated carbocycles. The van der Waals surface area contributed by atoms with E-state index in [4.69, 9.17) is 4.74 Å². The summed E-state index contributed by atoms with van der Waals surface area (Å²) in [5.74, 6) is 0.691. The summed E-state index contributed by atoms with van der Waals surface area (Å²) in [6.07, 6.45) is 5.01. The molecule has 0 aromatic heterocycles. The summed E-state index contributed by atoms with van der Waals surface area (Å²) in [6.45, 7) is 0.646. The maximum atomic E-state index is 13.3. The Balaban J connectivity index is 1.94. The van der Waals surface area contributed by atoms with E-state index in [0.29, 0.717) is 18.3 Å². The molecule has 1 nitrogen and oxygen atoms in total. The first kappa shape index (κ1) is 10.9. The Morgan fingerprint density at radius 3 is 2.80 bits per heavy atom. The van der Waals surface area contributed by atoms with Gasteiger partial charge in [0.05, 0.1) is 6.61 Å². The van der Waals surface area contributed by atoms with Crippen LogP contribution in [-0.2, 0) is 0 Å². The molecule has 3 heteroatoms. The van der Waals surface area contributed by atoms with Gasteiger partial charge in [0.15, 0.2) is 11.6 Å². The van der Waals surface area contributed by atoms with Crippen LogP contribution in [0.25, 0.3) is 0 Å². The number of hydrogen-bond acceptors (Lipinski definition) is 1. The van der Waals surface area contributed by atoms with Crippen LogP contribution in [0.15, 0.2) is 22.7 Å². The molecule has 0 spiro atoms. The van der Waals surface area contributed by atoms with E-state index in [1.807, 2.05) is 0 Å². The topological polar surface area (TPSA) is 9.23 Å². The quantitative estimate of drug-likeness (QED) is 0.803. The molecular weight excluding hydrogens is 259 g/mol. The predicted octanol–water partition coefficient (Wildman–Crippen LogP) is 4.16. The first-order valence-corrected chi connectivity index (χ1v) is 6.13. The van der Waals surface area contributed by atoms with Gasteiger partial charge in [-0.3, -0.25) is 0 Å². The van der Waals surface area contributed by atoms with Gasteiger partial charge >= 0.3 is 0 Å². The van der Waals surface area contributed by atoms with E-state index in [1.54, 1.807) is 12.1 Å². The molecule has 1 aliphatic rings. The predicted molar refractivity (Wildman–Crippen MR) is 61.6 cm³/mol. The summed E-state index contributed by atoms with van der Waals surface area (Å²) in [5, 5.41) is 0. The van der Waals surface area contributed by atoms with E-state index in [2.05, 4.69) is 15.9 Å². The fraction of sp³-hybridized carbons (Fsp3) is 0.500. The van der Waals surface area contributed by atoms with E-state index < -0.39 is 0 Å². The zero-order valence-electron chi connectivity index (χ0n) is 8.51. The van der Waals surface area contributed by atoms with Crippen LogP contribution in [0.3, 0.4) is 0 Å². The fourth-order valence-corrected chi connectivity index (χ4v) is 2.31. The third kappa shape index (κ3) is 2.94. The van der Waals surface area contributed by atoms with Gasteiger partial charge in [0.1, 0.15) is 0 Å². The Labute approximate surface area is 97.8 Å². The van der Waals surface area contributed by atoms with Crippen LogP contribution in [0.4, 0.5) is 4.39 Å². The zero-order chi connectivity index (χ0) is 10.7. The third-order valence-corrected chi connectivity index (χ3v) is 3.34. The Morgan fingerprint density at radius 1 is 1.33 bits per heavy atom. The zero-order valence-corrected chi connectivity index (χ0v) is 10.1. The van der Waals surface area contributed by atoms with Crippen molar-refractivity contribution < 1.29 is 9.13 Å². The highest BCUT2D eigenvalue weighted by molar-refractivity contribution is 9.10. The molecule has 0 bridgehead atoms.